The third-order valence-electron chi connectivity index (χ3n) is 4.04. The molecule has 0 bridgehead atoms. The highest BCUT2D eigenvalue weighted by molar-refractivity contribution is 5.62. The molecule has 1 atom stereocenters. The third-order valence-corrected chi connectivity index (χ3v) is 4.04. The highest BCUT2D eigenvalue weighted by Gasteiger charge is 2.36. The summed E-state index contributed by atoms with van der Waals surface area (Å²) in [7, 11) is 0. The highest BCUT2D eigenvalue weighted by Crippen LogP contribution is 2.44. The van der Waals surface area contributed by atoms with E-state index in [0.717, 1.165) is 30.6 Å². The third kappa shape index (κ3) is 2.32. The average Bonchev–Trinajstić information content (AvgIpc) is 2.33. The van der Waals surface area contributed by atoms with E-state index in [1.54, 1.807) is 12.1 Å². The number of halogens is 1. The first kappa shape index (κ1) is 13.9. The smallest absolute Gasteiger partial charge is 0.143 e. The SMILES string of the molecule is CCCN1c2cc(F)c(C#N)cc2C(C)CC1(C)C. The first-order chi connectivity index (χ1) is 8.90. The standard InChI is InChI=1S/C16H21FN2/c1-5-6-19-15-8-14(17)12(10-18)7-13(15)11(2)9-16(19,3)4/h7-8,11H,5-6,9H2,1-4H3. The molecule has 1 aliphatic heterocycles. The van der Waals surface area contributed by atoms with Crippen LogP contribution in [-0.2, 0) is 0 Å². The topological polar surface area (TPSA) is 27.0 Å². The van der Waals surface area contributed by atoms with E-state index in [0.29, 0.717) is 5.92 Å². The summed E-state index contributed by atoms with van der Waals surface area (Å²) in [6, 6.07) is 5.21. The van der Waals surface area contributed by atoms with Crippen molar-refractivity contribution >= 4 is 5.69 Å². The average molecular weight is 260 g/mol. The molecule has 0 N–H and O–H groups in total. The highest BCUT2D eigenvalue weighted by atomic mass is 19.1. The van der Waals surface area contributed by atoms with Gasteiger partial charge in [0, 0.05) is 17.8 Å². The predicted molar refractivity (Wildman–Crippen MR) is 75.9 cm³/mol. The van der Waals surface area contributed by atoms with Gasteiger partial charge in [0.15, 0.2) is 0 Å². The zero-order valence-corrected chi connectivity index (χ0v) is 12.1. The van der Waals surface area contributed by atoms with Crippen molar-refractivity contribution in [3.63, 3.8) is 0 Å². The van der Waals surface area contributed by atoms with E-state index >= 15 is 0 Å². The Balaban J connectivity index is 2.59. The van der Waals surface area contributed by atoms with Crippen LogP contribution in [0.2, 0.25) is 0 Å². The van der Waals surface area contributed by atoms with Crippen molar-refractivity contribution in [2.75, 3.05) is 11.4 Å². The summed E-state index contributed by atoms with van der Waals surface area (Å²) in [4.78, 5) is 2.28. The number of rotatable bonds is 2. The number of benzene rings is 1. The molecular formula is C16H21FN2. The molecule has 1 unspecified atom stereocenters. The maximum atomic E-state index is 13.9. The van der Waals surface area contributed by atoms with Crippen LogP contribution in [0.5, 0.6) is 0 Å². The van der Waals surface area contributed by atoms with Crippen molar-refractivity contribution in [3.8, 4) is 6.07 Å². The fraction of sp³-hybridized carbons (Fsp3) is 0.562. The second kappa shape index (κ2) is 4.85. The Labute approximate surface area is 114 Å². The lowest BCUT2D eigenvalue weighted by atomic mass is 9.79. The van der Waals surface area contributed by atoms with Crippen LogP contribution >= 0.6 is 0 Å². The summed E-state index contributed by atoms with van der Waals surface area (Å²) < 4.78 is 13.9. The summed E-state index contributed by atoms with van der Waals surface area (Å²) in [6.07, 6.45) is 2.05. The summed E-state index contributed by atoms with van der Waals surface area (Å²) in [5, 5.41) is 8.97. The Bertz CT molecular complexity index is 528. The Hall–Kier alpha value is -1.56. The van der Waals surface area contributed by atoms with Crippen molar-refractivity contribution < 1.29 is 4.39 Å². The van der Waals surface area contributed by atoms with Gasteiger partial charge in [-0.1, -0.05) is 13.8 Å². The zero-order chi connectivity index (χ0) is 14.2. The summed E-state index contributed by atoms with van der Waals surface area (Å²) in [5.74, 6) is -0.0574. The van der Waals surface area contributed by atoms with Crippen LogP contribution in [0.25, 0.3) is 0 Å². The molecule has 2 rings (SSSR count). The Morgan fingerprint density at radius 1 is 1.47 bits per heavy atom. The molecule has 0 saturated heterocycles. The van der Waals surface area contributed by atoms with Crippen molar-refractivity contribution in [3.05, 3.63) is 29.1 Å². The van der Waals surface area contributed by atoms with Crippen LogP contribution in [0.4, 0.5) is 10.1 Å². The monoisotopic (exact) mass is 260 g/mol. The summed E-state index contributed by atoms with van der Waals surface area (Å²) in [6.45, 7) is 9.62. The van der Waals surface area contributed by atoms with Crippen LogP contribution in [0, 0.1) is 17.1 Å². The zero-order valence-electron chi connectivity index (χ0n) is 12.1. The van der Waals surface area contributed by atoms with Crippen molar-refractivity contribution in [2.45, 2.75) is 52.0 Å². The number of nitrogens with zero attached hydrogens (tertiary/aromatic N) is 2. The lowest BCUT2D eigenvalue weighted by Crippen LogP contribution is -2.48. The van der Waals surface area contributed by atoms with Gasteiger partial charge in [-0.15, -0.1) is 0 Å². The van der Waals surface area contributed by atoms with Gasteiger partial charge in [0.2, 0.25) is 0 Å². The van der Waals surface area contributed by atoms with E-state index in [4.69, 9.17) is 5.26 Å². The van der Waals surface area contributed by atoms with Crippen LogP contribution in [0.15, 0.2) is 12.1 Å². The number of fused-ring (bicyclic) bond motifs is 1. The molecule has 19 heavy (non-hydrogen) atoms. The Morgan fingerprint density at radius 3 is 2.74 bits per heavy atom. The quantitative estimate of drug-likeness (QED) is 0.796. The molecule has 0 aromatic heterocycles. The normalized spacial score (nSPS) is 20.8. The van der Waals surface area contributed by atoms with E-state index in [-0.39, 0.29) is 11.1 Å². The van der Waals surface area contributed by atoms with Gasteiger partial charge in [0.25, 0.3) is 0 Å². The molecule has 1 aliphatic rings. The van der Waals surface area contributed by atoms with Crippen molar-refractivity contribution in [2.24, 2.45) is 0 Å². The number of hydrogen-bond acceptors (Lipinski definition) is 2. The van der Waals surface area contributed by atoms with Crippen LogP contribution in [0.1, 0.15) is 57.6 Å². The number of hydrogen-bond donors (Lipinski definition) is 0. The maximum absolute atomic E-state index is 13.9. The molecule has 1 aromatic carbocycles. The second-order valence-electron chi connectivity index (χ2n) is 6.07. The molecule has 0 amide bonds. The Morgan fingerprint density at radius 2 is 2.16 bits per heavy atom. The molecule has 2 nitrogen and oxygen atoms in total. The molecule has 0 spiro atoms. The van der Waals surface area contributed by atoms with E-state index in [1.165, 1.54) is 0 Å². The molecule has 0 saturated carbocycles. The van der Waals surface area contributed by atoms with Gasteiger partial charge < -0.3 is 4.90 Å². The summed E-state index contributed by atoms with van der Waals surface area (Å²) in [5.41, 5.74) is 2.25. The van der Waals surface area contributed by atoms with E-state index < -0.39 is 5.82 Å². The lowest BCUT2D eigenvalue weighted by Gasteiger charge is -2.47. The van der Waals surface area contributed by atoms with Gasteiger partial charge >= 0.3 is 0 Å². The van der Waals surface area contributed by atoms with Gasteiger partial charge in [-0.25, -0.2) is 4.39 Å². The lowest BCUT2D eigenvalue weighted by molar-refractivity contribution is 0.375. The molecular weight excluding hydrogens is 239 g/mol. The van der Waals surface area contributed by atoms with Gasteiger partial charge in [0.05, 0.1) is 5.56 Å². The molecule has 0 aliphatic carbocycles. The van der Waals surface area contributed by atoms with Crippen LogP contribution in [-0.4, -0.2) is 12.1 Å². The summed E-state index contributed by atoms with van der Waals surface area (Å²) >= 11 is 0. The minimum atomic E-state index is -0.410. The number of nitriles is 1. The van der Waals surface area contributed by atoms with Crippen LogP contribution < -0.4 is 4.90 Å². The molecule has 0 radical (unpaired) electrons. The maximum Gasteiger partial charge on any atom is 0.143 e. The van der Waals surface area contributed by atoms with E-state index in [1.807, 2.05) is 6.07 Å². The first-order valence-corrected chi connectivity index (χ1v) is 6.92. The largest absolute Gasteiger partial charge is 0.366 e. The van der Waals surface area contributed by atoms with Gasteiger partial charge in [-0.3, -0.25) is 0 Å². The van der Waals surface area contributed by atoms with Crippen molar-refractivity contribution in [1.82, 2.24) is 0 Å². The molecule has 102 valence electrons. The first-order valence-electron chi connectivity index (χ1n) is 6.92. The van der Waals surface area contributed by atoms with Gasteiger partial charge in [-0.2, -0.15) is 5.26 Å². The molecule has 1 aromatic rings. The second-order valence-corrected chi connectivity index (χ2v) is 6.07. The fourth-order valence-corrected chi connectivity index (χ4v) is 3.24. The minimum Gasteiger partial charge on any atom is -0.366 e. The Kier molecular flexibility index (Phi) is 3.54. The van der Waals surface area contributed by atoms with Crippen molar-refractivity contribution in [1.29, 1.82) is 5.26 Å². The van der Waals surface area contributed by atoms with Gasteiger partial charge in [0.1, 0.15) is 11.9 Å². The fourth-order valence-electron chi connectivity index (χ4n) is 3.24. The van der Waals surface area contributed by atoms with Crippen LogP contribution in [0.3, 0.4) is 0 Å². The minimum absolute atomic E-state index is 0.0308. The molecule has 3 heteroatoms. The van der Waals surface area contributed by atoms with E-state index in [9.17, 15) is 4.39 Å². The predicted octanol–water partition coefficient (Wildman–Crippen LogP) is 4.20. The number of anilines is 1. The molecule has 1 heterocycles. The van der Waals surface area contributed by atoms with E-state index in [2.05, 4.69) is 32.6 Å². The molecule has 0 fully saturated rings. The van der Waals surface area contributed by atoms with Gasteiger partial charge in [-0.05, 0) is 50.3 Å².